The number of non-ortho nitro benzene ring substituents is 1. The van der Waals surface area contributed by atoms with Gasteiger partial charge in [-0.3, -0.25) is 24.6 Å². The van der Waals surface area contributed by atoms with Crippen LogP contribution in [-0.4, -0.2) is 84.3 Å². The lowest BCUT2D eigenvalue weighted by atomic mass is 10.1. The number of nitro benzene ring substituents is 1. The number of nitro groups is 1. The zero-order valence-electron chi connectivity index (χ0n) is 16.1. The van der Waals surface area contributed by atoms with E-state index in [1.165, 1.54) is 12.1 Å². The number of carbonyl (C=O) groups is 2. The summed E-state index contributed by atoms with van der Waals surface area (Å²) in [5.74, 6) is -0.145. The van der Waals surface area contributed by atoms with E-state index in [1.807, 2.05) is 18.7 Å². The van der Waals surface area contributed by atoms with Crippen molar-refractivity contribution in [1.82, 2.24) is 14.7 Å². The molecule has 1 saturated heterocycles. The monoisotopic (exact) mass is 377 g/mol. The van der Waals surface area contributed by atoms with Gasteiger partial charge in [0, 0.05) is 64.1 Å². The van der Waals surface area contributed by atoms with E-state index in [2.05, 4.69) is 5.32 Å². The first kappa shape index (κ1) is 20.6. The first-order chi connectivity index (χ1) is 12.9. The topological polar surface area (TPSA) is 99.0 Å². The molecule has 9 heteroatoms. The van der Waals surface area contributed by atoms with Crippen LogP contribution in [0.15, 0.2) is 18.2 Å². The fraction of sp³-hybridized carbons (Fsp3) is 0.556. The third kappa shape index (κ3) is 4.94. The van der Waals surface area contributed by atoms with Crippen LogP contribution in [0.3, 0.4) is 0 Å². The average molecular weight is 377 g/mol. The van der Waals surface area contributed by atoms with Gasteiger partial charge in [0.2, 0.25) is 5.91 Å². The minimum absolute atomic E-state index is 0.0935. The highest BCUT2D eigenvalue weighted by molar-refractivity contribution is 6.00. The number of piperazine rings is 1. The molecular weight excluding hydrogens is 350 g/mol. The summed E-state index contributed by atoms with van der Waals surface area (Å²) in [5, 5.41) is 13.9. The SMILES string of the molecule is CCN(CC)C(=O)CN1CCN(C(=O)c2cc([N+](=O)[O-])ccc2NC)CC1. The van der Waals surface area contributed by atoms with E-state index in [0.717, 1.165) is 0 Å². The van der Waals surface area contributed by atoms with Crippen LogP contribution in [0, 0.1) is 10.1 Å². The number of nitrogens with one attached hydrogen (secondary N) is 1. The first-order valence-electron chi connectivity index (χ1n) is 9.16. The number of carbonyl (C=O) groups excluding carboxylic acids is 2. The van der Waals surface area contributed by atoms with Crippen LogP contribution in [0.2, 0.25) is 0 Å². The molecule has 9 nitrogen and oxygen atoms in total. The molecule has 0 atom stereocenters. The lowest BCUT2D eigenvalue weighted by Gasteiger charge is -2.35. The lowest BCUT2D eigenvalue weighted by molar-refractivity contribution is -0.384. The van der Waals surface area contributed by atoms with E-state index < -0.39 is 4.92 Å². The molecule has 0 aromatic heterocycles. The summed E-state index contributed by atoms with van der Waals surface area (Å²) in [6.45, 7) is 7.80. The van der Waals surface area contributed by atoms with Crippen LogP contribution in [0.1, 0.15) is 24.2 Å². The van der Waals surface area contributed by atoms with E-state index in [1.54, 1.807) is 22.9 Å². The molecule has 0 unspecified atom stereocenters. The Morgan fingerprint density at radius 3 is 2.33 bits per heavy atom. The summed E-state index contributed by atoms with van der Waals surface area (Å²) in [7, 11) is 1.68. The molecule has 27 heavy (non-hydrogen) atoms. The molecule has 1 N–H and O–H groups in total. The second kappa shape index (κ2) is 9.31. The standard InChI is InChI=1S/C18H27N5O4/c1-4-21(5-2)17(24)13-20-8-10-22(11-9-20)18(25)15-12-14(23(26)27)6-7-16(15)19-3/h6-7,12,19H,4-5,8-11,13H2,1-3H3. The van der Waals surface area contributed by atoms with Gasteiger partial charge in [-0.25, -0.2) is 0 Å². The maximum Gasteiger partial charge on any atom is 0.270 e. The minimum atomic E-state index is -0.507. The molecule has 1 aromatic carbocycles. The number of nitrogens with zero attached hydrogens (tertiary/aromatic N) is 4. The molecule has 0 spiro atoms. The Morgan fingerprint density at radius 2 is 1.81 bits per heavy atom. The van der Waals surface area contributed by atoms with Crippen molar-refractivity contribution in [1.29, 1.82) is 0 Å². The zero-order valence-corrected chi connectivity index (χ0v) is 16.1. The van der Waals surface area contributed by atoms with Crippen LogP contribution in [-0.2, 0) is 4.79 Å². The first-order valence-corrected chi connectivity index (χ1v) is 9.16. The van der Waals surface area contributed by atoms with Crippen molar-refractivity contribution in [3.05, 3.63) is 33.9 Å². The van der Waals surface area contributed by atoms with Gasteiger partial charge in [-0.15, -0.1) is 0 Å². The molecule has 1 heterocycles. The van der Waals surface area contributed by atoms with E-state index in [4.69, 9.17) is 0 Å². The highest BCUT2D eigenvalue weighted by Gasteiger charge is 2.26. The predicted molar refractivity (Wildman–Crippen MR) is 103 cm³/mol. The lowest BCUT2D eigenvalue weighted by Crippen LogP contribution is -2.51. The Labute approximate surface area is 159 Å². The number of anilines is 1. The van der Waals surface area contributed by atoms with Crippen LogP contribution >= 0.6 is 0 Å². The van der Waals surface area contributed by atoms with Gasteiger partial charge in [-0.1, -0.05) is 0 Å². The maximum absolute atomic E-state index is 12.9. The van der Waals surface area contributed by atoms with Gasteiger partial charge >= 0.3 is 0 Å². The number of likely N-dealkylation sites (N-methyl/N-ethyl adjacent to an activating group) is 1. The number of hydrogen-bond acceptors (Lipinski definition) is 6. The van der Waals surface area contributed by atoms with E-state index in [-0.39, 0.29) is 17.5 Å². The third-order valence-electron chi connectivity index (χ3n) is 4.85. The van der Waals surface area contributed by atoms with Crippen LogP contribution in [0.5, 0.6) is 0 Å². The van der Waals surface area contributed by atoms with Crippen molar-refractivity contribution in [2.45, 2.75) is 13.8 Å². The Balaban J connectivity index is 2.02. The minimum Gasteiger partial charge on any atom is -0.387 e. The molecule has 2 rings (SSSR count). The van der Waals surface area contributed by atoms with Gasteiger partial charge in [0.05, 0.1) is 17.0 Å². The highest BCUT2D eigenvalue weighted by Crippen LogP contribution is 2.23. The number of hydrogen-bond donors (Lipinski definition) is 1. The van der Waals surface area contributed by atoms with Crippen molar-refractivity contribution < 1.29 is 14.5 Å². The summed E-state index contributed by atoms with van der Waals surface area (Å²) >= 11 is 0. The Hall–Kier alpha value is -2.68. The maximum atomic E-state index is 12.9. The van der Waals surface area contributed by atoms with Crippen molar-refractivity contribution in [3.8, 4) is 0 Å². The zero-order chi connectivity index (χ0) is 20.0. The van der Waals surface area contributed by atoms with E-state index in [9.17, 15) is 19.7 Å². The van der Waals surface area contributed by atoms with Gasteiger partial charge in [0.25, 0.3) is 11.6 Å². The molecule has 2 amide bonds. The molecule has 1 fully saturated rings. The summed E-state index contributed by atoms with van der Waals surface area (Å²) in [4.78, 5) is 41.1. The summed E-state index contributed by atoms with van der Waals surface area (Å²) in [6, 6.07) is 4.23. The average Bonchev–Trinajstić information content (AvgIpc) is 2.68. The Kier molecular flexibility index (Phi) is 7.12. The molecule has 0 bridgehead atoms. The molecule has 0 radical (unpaired) electrons. The van der Waals surface area contributed by atoms with Crippen molar-refractivity contribution in [2.24, 2.45) is 0 Å². The van der Waals surface area contributed by atoms with E-state index in [0.29, 0.717) is 57.1 Å². The molecule has 0 aliphatic carbocycles. The summed E-state index contributed by atoms with van der Waals surface area (Å²) < 4.78 is 0. The molecule has 148 valence electrons. The molecule has 1 aromatic rings. The molecule has 0 saturated carbocycles. The van der Waals surface area contributed by atoms with Gasteiger partial charge in [0.1, 0.15) is 0 Å². The fourth-order valence-corrected chi connectivity index (χ4v) is 3.19. The predicted octanol–water partition coefficient (Wildman–Crippen LogP) is 1.26. The van der Waals surface area contributed by atoms with Crippen LogP contribution < -0.4 is 5.32 Å². The normalized spacial score (nSPS) is 14.7. The molecule has 1 aliphatic rings. The molecular formula is C18H27N5O4. The number of amides is 2. The Morgan fingerprint density at radius 1 is 1.19 bits per heavy atom. The van der Waals surface area contributed by atoms with Gasteiger partial charge in [-0.2, -0.15) is 0 Å². The Bertz CT molecular complexity index is 697. The van der Waals surface area contributed by atoms with Crippen molar-refractivity contribution in [3.63, 3.8) is 0 Å². The third-order valence-corrected chi connectivity index (χ3v) is 4.85. The smallest absolute Gasteiger partial charge is 0.270 e. The highest BCUT2D eigenvalue weighted by atomic mass is 16.6. The number of rotatable bonds is 7. The quantitative estimate of drug-likeness (QED) is 0.567. The molecule has 1 aliphatic heterocycles. The largest absolute Gasteiger partial charge is 0.387 e. The summed E-state index contributed by atoms with van der Waals surface area (Å²) in [5.41, 5.74) is 0.741. The van der Waals surface area contributed by atoms with Gasteiger partial charge in [0.15, 0.2) is 0 Å². The van der Waals surface area contributed by atoms with Crippen LogP contribution in [0.4, 0.5) is 11.4 Å². The second-order valence-electron chi connectivity index (χ2n) is 6.37. The summed E-state index contributed by atoms with van der Waals surface area (Å²) in [6.07, 6.45) is 0. The van der Waals surface area contributed by atoms with Crippen LogP contribution in [0.25, 0.3) is 0 Å². The van der Waals surface area contributed by atoms with Crippen molar-refractivity contribution in [2.75, 3.05) is 58.2 Å². The van der Waals surface area contributed by atoms with E-state index >= 15 is 0 Å². The van der Waals surface area contributed by atoms with Gasteiger partial charge < -0.3 is 15.1 Å². The number of benzene rings is 1. The fourth-order valence-electron chi connectivity index (χ4n) is 3.19. The second-order valence-corrected chi connectivity index (χ2v) is 6.37. The van der Waals surface area contributed by atoms with Gasteiger partial charge in [-0.05, 0) is 19.9 Å². The van der Waals surface area contributed by atoms with Crippen molar-refractivity contribution >= 4 is 23.2 Å².